The van der Waals surface area contributed by atoms with Gasteiger partial charge in [-0.3, -0.25) is 14.7 Å². The number of halogens is 2. The fraction of sp³-hybridized carbons (Fsp3) is 0.600. The summed E-state index contributed by atoms with van der Waals surface area (Å²) in [6, 6.07) is 0.205. The van der Waals surface area contributed by atoms with Crippen LogP contribution >= 0.6 is 0 Å². The maximum atomic E-state index is 13.3. The number of aromatic nitrogens is 4. The van der Waals surface area contributed by atoms with Gasteiger partial charge in [0.05, 0.1) is 18.1 Å². The number of aryl methyl sites for hydroxylation is 1. The molecule has 1 saturated carbocycles. The van der Waals surface area contributed by atoms with Crippen molar-refractivity contribution in [1.29, 1.82) is 0 Å². The third-order valence-electron chi connectivity index (χ3n) is 4.44. The van der Waals surface area contributed by atoms with Gasteiger partial charge >= 0.3 is 0 Å². The van der Waals surface area contributed by atoms with Crippen molar-refractivity contribution in [1.82, 2.24) is 24.9 Å². The Bertz CT molecular complexity index is 623. The lowest BCUT2D eigenvalue weighted by Crippen LogP contribution is -2.38. The first kappa shape index (κ1) is 15.1. The zero-order valence-electron chi connectivity index (χ0n) is 12.9. The Hall–Kier alpha value is -1.76. The van der Waals surface area contributed by atoms with Crippen molar-refractivity contribution >= 4 is 0 Å². The van der Waals surface area contributed by atoms with Crippen LogP contribution in [-0.4, -0.2) is 43.9 Å². The predicted molar refractivity (Wildman–Crippen MR) is 79.5 cm³/mol. The molecule has 0 saturated heterocycles. The molecule has 1 N–H and O–H groups in total. The fourth-order valence-electron chi connectivity index (χ4n) is 3.09. The summed E-state index contributed by atoms with van der Waals surface area (Å²) in [5.74, 6) is -2.48. The molecule has 1 aliphatic rings. The molecule has 120 valence electrons. The lowest BCUT2D eigenvalue weighted by Gasteiger charge is -2.34. The summed E-state index contributed by atoms with van der Waals surface area (Å²) in [5, 5.41) is 11.3. The summed E-state index contributed by atoms with van der Waals surface area (Å²) < 4.78 is 28.3. The fourth-order valence-corrected chi connectivity index (χ4v) is 3.09. The van der Waals surface area contributed by atoms with Crippen molar-refractivity contribution in [3.63, 3.8) is 0 Å². The van der Waals surface area contributed by atoms with Crippen molar-refractivity contribution in [2.75, 3.05) is 7.05 Å². The molecule has 22 heavy (non-hydrogen) atoms. The number of hydrogen-bond acceptors (Lipinski definition) is 3. The zero-order chi connectivity index (χ0) is 15.7. The highest BCUT2D eigenvalue weighted by Gasteiger charge is 2.36. The predicted octanol–water partition coefficient (Wildman–Crippen LogP) is 2.82. The van der Waals surface area contributed by atoms with Crippen LogP contribution in [0.15, 0.2) is 18.6 Å². The number of nitrogens with zero attached hydrogens (tertiary/aromatic N) is 4. The van der Waals surface area contributed by atoms with Gasteiger partial charge in [0, 0.05) is 49.8 Å². The number of aromatic amines is 1. The van der Waals surface area contributed by atoms with Gasteiger partial charge in [-0.15, -0.1) is 0 Å². The van der Waals surface area contributed by atoms with Crippen LogP contribution < -0.4 is 0 Å². The van der Waals surface area contributed by atoms with Gasteiger partial charge in [0.1, 0.15) is 0 Å². The highest BCUT2D eigenvalue weighted by Crippen LogP contribution is 2.35. The molecule has 2 aromatic rings. The third-order valence-corrected chi connectivity index (χ3v) is 4.44. The van der Waals surface area contributed by atoms with Gasteiger partial charge in [0.25, 0.3) is 0 Å². The number of nitrogens with one attached hydrogen (secondary N) is 1. The van der Waals surface area contributed by atoms with E-state index in [1.165, 1.54) is 0 Å². The molecule has 2 heterocycles. The van der Waals surface area contributed by atoms with E-state index in [9.17, 15) is 8.78 Å². The van der Waals surface area contributed by atoms with E-state index in [1.807, 2.05) is 20.3 Å². The molecule has 0 unspecified atom stereocenters. The second kappa shape index (κ2) is 5.79. The minimum Gasteiger partial charge on any atom is -0.299 e. The highest BCUT2D eigenvalue weighted by atomic mass is 19.3. The van der Waals surface area contributed by atoms with Crippen LogP contribution in [0.25, 0.3) is 11.3 Å². The topological polar surface area (TPSA) is 49.7 Å². The Morgan fingerprint density at radius 2 is 2.09 bits per heavy atom. The van der Waals surface area contributed by atoms with Crippen LogP contribution in [0, 0.1) is 0 Å². The van der Waals surface area contributed by atoms with Gasteiger partial charge in [-0.2, -0.15) is 10.2 Å². The Morgan fingerprint density at radius 3 is 2.73 bits per heavy atom. The number of H-pyrrole nitrogens is 1. The molecule has 0 aromatic carbocycles. The van der Waals surface area contributed by atoms with E-state index in [0.717, 1.165) is 16.8 Å². The van der Waals surface area contributed by atoms with Crippen LogP contribution in [0.3, 0.4) is 0 Å². The van der Waals surface area contributed by atoms with E-state index in [4.69, 9.17) is 0 Å². The van der Waals surface area contributed by atoms with E-state index >= 15 is 0 Å². The van der Waals surface area contributed by atoms with Crippen molar-refractivity contribution < 1.29 is 8.78 Å². The van der Waals surface area contributed by atoms with Crippen molar-refractivity contribution in [2.45, 2.75) is 44.2 Å². The van der Waals surface area contributed by atoms with Gasteiger partial charge in [0.15, 0.2) is 0 Å². The van der Waals surface area contributed by atoms with Crippen molar-refractivity contribution in [3.8, 4) is 11.3 Å². The molecule has 0 radical (unpaired) electrons. The summed E-state index contributed by atoms with van der Waals surface area (Å²) in [6.07, 6.45) is 6.59. The minimum absolute atomic E-state index is 0.0111. The second-order valence-corrected chi connectivity index (χ2v) is 6.18. The van der Waals surface area contributed by atoms with Crippen LogP contribution in [0.2, 0.25) is 0 Å². The molecule has 5 nitrogen and oxygen atoms in total. The normalized spacial score (nSPS) is 19.0. The maximum Gasteiger partial charge on any atom is 0.248 e. The summed E-state index contributed by atoms with van der Waals surface area (Å²) in [4.78, 5) is 2.15. The largest absolute Gasteiger partial charge is 0.299 e. The Labute approximate surface area is 128 Å². The number of alkyl halides is 2. The first-order valence-electron chi connectivity index (χ1n) is 7.54. The minimum atomic E-state index is -2.48. The van der Waals surface area contributed by atoms with Crippen LogP contribution in [0.5, 0.6) is 0 Å². The lowest BCUT2D eigenvalue weighted by molar-refractivity contribution is -0.0519. The van der Waals surface area contributed by atoms with Gasteiger partial charge in [-0.25, -0.2) is 8.78 Å². The number of rotatable bonds is 4. The molecule has 0 amide bonds. The molecule has 1 fully saturated rings. The van der Waals surface area contributed by atoms with E-state index in [-0.39, 0.29) is 18.9 Å². The zero-order valence-corrected chi connectivity index (χ0v) is 12.9. The molecule has 0 aliphatic heterocycles. The Kier molecular flexibility index (Phi) is 3.99. The summed E-state index contributed by atoms with van der Waals surface area (Å²) in [5.41, 5.74) is 2.99. The molecule has 2 aromatic heterocycles. The Morgan fingerprint density at radius 1 is 1.36 bits per heavy atom. The SMILES string of the molecule is CN(Cc1cn[nH]c1-c1cnn(C)c1)C1CCC(F)(F)CC1. The summed E-state index contributed by atoms with van der Waals surface area (Å²) in [6.45, 7) is 0.691. The molecule has 7 heteroatoms. The van der Waals surface area contributed by atoms with Crippen molar-refractivity contribution in [2.24, 2.45) is 7.05 Å². The van der Waals surface area contributed by atoms with E-state index in [0.29, 0.717) is 19.4 Å². The Balaban J connectivity index is 1.68. The lowest BCUT2D eigenvalue weighted by atomic mass is 9.91. The van der Waals surface area contributed by atoms with Crippen LogP contribution in [0.4, 0.5) is 8.78 Å². The third kappa shape index (κ3) is 3.19. The van der Waals surface area contributed by atoms with Gasteiger partial charge < -0.3 is 0 Å². The van der Waals surface area contributed by atoms with Crippen LogP contribution in [0.1, 0.15) is 31.2 Å². The molecule has 0 atom stereocenters. The average Bonchev–Trinajstić information content (AvgIpc) is 3.07. The molecular formula is C15H21F2N5. The molecule has 0 bridgehead atoms. The van der Waals surface area contributed by atoms with Crippen molar-refractivity contribution in [3.05, 3.63) is 24.2 Å². The van der Waals surface area contributed by atoms with E-state index < -0.39 is 5.92 Å². The summed E-state index contributed by atoms with van der Waals surface area (Å²) >= 11 is 0. The smallest absolute Gasteiger partial charge is 0.248 e. The quantitative estimate of drug-likeness (QED) is 0.945. The molecule has 1 aliphatic carbocycles. The standard InChI is InChI=1S/C15H21F2N5/c1-21(13-3-5-15(16,17)6-4-13)9-11-7-18-20-14(11)12-8-19-22(2)10-12/h7-8,10,13H,3-6,9H2,1-2H3,(H,18,20). The molecular weight excluding hydrogens is 288 g/mol. The first-order valence-corrected chi connectivity index (χ1v) is 7.54. The van der Waals surface area contributed by atoms with E-state index in [2.05, 4.69) is 20.2 Å². The molecule has 0 spiro atoms. The maximum absolute atomic E-state index is 13.3. The molecule has 3 rings (SSSR count). The number of hydrogen-bond donors (Lipinski definition) is 1. The van der Waals surface area contributed by atoms with Crippen LogP contribution in [-0.2, 0) is 13.6 Å². The van der Waals surface area contributed by atoms with Gasteiger partial charge in [-0.1, -0.05) is 0 Å². The summed E-state index contributed by atoms with van der Waals surface area (Å²) in [7, 11) is 3.86. The van der Waals surface area contributed by atoms with Gasteiger partial charge in [0.2, 0.25) is 5.92 Å². The second-order valence-electron chi connectivity index (χ2n) is 6.18. The van der Waals surface area contributed by atoms with Gasteiger partial charge in [-0.05, 0) is 19.9 Å². The average molecular weight is 309 g/mol. The monoisotopic (exact) mass is 309 g/mol. The highest BCUT2D eigenvalue weighted by molar-refractivity contribution is 5.60. The van der Waals surface area contributed by atoms with E-state index in [1.54, 1.807) is 17.1 Å². The first-order chi connectivity index (χ1) is 10.4.